The fraction of sp³-hybridized carbons (Fsp3) is 0.333. The molecular weight excluding hydrogens is 400 g/mol. The van der Waals surface area contributed by atoms with Gasteiger partial charge in [0.2, 0.25) is 5.78 Å². The summed E-state index contributed by atoms with van der Waals surface area (Å²) in [6.07, 6.45) is -0.135. The Kier molecular flexibility index (Phi) is 5.97. The van der Waals surface area contributed by atoms with Crippen LogP contribution in [0.5, 0.6) is 11.5 Å². The monoisotopic (exact) mass is 424 g/mol. The predicted octanol–water partition coefficient (Wildman–Crippen LogP) is 3.51. The number of benzene rings is 2. The molecular formula is C24H24O7. The third kappa shape index (κ3) is 3.95. The summed E-state index contributed by atoms with van der Waals surface area (Å²) in [5, 5.41) is 0. The summed E-state index contributed by atoms with van der Waals surface area (Å²) in [5.41, 5.74) is -0.694. The number of ketones is 2. The first-order chi connectivity index (χ1) is 14.6. The second kappa shape index (κ2) is 8.34. The van der Waals surface area contributed by atoms with E-state index in [2.05, 4.69) is 0 Å². The van der Waals surface area contributed by atoms with Crippen molar-refractivity contribution >= 4 is 23.5 Å². The predicted molar refractivity (Wildman–Crippen MR) is 111 cm³/mol. The number of rotatable bonds is 5. The molecule has 0 saturated carbocycles. The highest BCUT2D eigenvalue weighted by Crippen LogP contribution is 2.43. The van der Waals surface area contributed by atoms with E-state index in [1.54, 1.807) is 24.3 Å². The van der Waals surface area contributed by atoms with Crippen LogP contribution in [0, 0.1) is 0 Å². The number of hydrogen-bond donors (Lipinski definition) is 0. The number of hydrogen-bond acceptors (Lipinski definition) is 7. The van der Waals surface area contributed by atoms with E-state index >= 15 is 0 Å². The van der Waals surface area contributed by atoms with Crippen LogP contribution in [0.3, 0.4) is 0 Å². The number of esters is 2. The lowest BCUT2D eigenvalue weighted by Crippen LogP contribution is -2.51. The van der Waals surface area contributed by atoms with Gasteiger partial charge in [-0.3, -0.25) is 19.2 Å². The quantitative estimate of drug-likeness (QED) is 0.412. The van der Waals surface area contributed by atoms with Gasteiger partial charge in [-0.15, -0.1) is 0 Å². The minimum atomic E-state index is -2.26. The zero-order valence-electron chi connectivity index (χ0n) is 18.1. The topological polar surface area (TPSA) is 96.0 Å². The van der Waals surface area contributed by atoms with Gasteiger partial charge in [0.05, 0.1) is 12.7 Å². The summed E-state index contributed by atoms with van der Waals surface area (Å²) in [6.45, 7) is 6.24. The molecule has 0 heterocycles. The molecule has 31 heavy (non-hydrogen) atoms. The maximum absolute atomic E-state index is 13.7. The van der Waals surface area contributed by atoms with Crippen molar-refractivity contribution in [2.75, 3.05) is 7.11 Å². The lowest BCUT2D eigenvalue weighted by Gasteiger charge is -2.35. The molecule has 1 aliphatic rings. The van der Waals surface area contributed by atoms with Crippen LogP contribution in [0.4, 0.5) is 0 Å². The maximum atomic E-state index is 13.7. The molecule has 162 valence electrons. The van der Waals surface area contributed by atoms with Crippen molar-refractivity contribution in [3.8, 4) is 11.5 Å². The van der Waals surface area contributed by atoms with E-state index in [1.165, 1.54) is 26.2 Å². The molecule has 0 radical (unpaired) electrons. The molecule has 2 aromatic rings. The maximum Gasteiger partial charge on any atom is 0.308 e. The van der Waals surface area contributed by atoms with Crippen LogP contribution in [0.15, 0.2) is 36.4 Å². The third-order valence-electron chi connectivity index (χ3n) is 5.23. The van der Waals surface area contributed by atoms with Crippen molar-refractivity contribution in [1.82, 2.24) is 0 Å². The lowest BCUT2D eigenvalue weighted by atomic mass is 9.73. The lowest BCUT2D eigenvalue weighted by molar-refractivity contribution is -0.162. The number of carbonyl (C=O) groups excluding carboxylic acids is 4. The van der Waals surface area contributed by atoms with Gasteiger partial charge in [-0.2, -0.15) is 0 Å². The summed E-state index contributed by atoms with van der Waals surface area (Å²) in [6, 6.07) is 9.62. The zero-order chi connectivity index (χ0) is 22.9. The number of methoxy groups -OCH3 is 1. The highest BCUT2D eigenvalue weighted by molar-refractivity contribution is 6.23. The Morgan fingerprint density at radius 1 is 1.00 bits per heavy atom. The molecule has 1 unspecified atom stereocenters. The summed E-state index contributed by atoms with van der Waals surface area (Å²) < 4.78 is 16.1. The van der Waals surface area contributed by atoms with E-state index in [4.69, 9.17) is 14.2 Å². The van der Waals surface area contributed by atoms with Gasteiger partial charge >= 0.3 is 11.9 Å². The Morgan fingerprint density at radius 2 is 1.71 bits per heavy atom. The van der Waals surface area contributed by atoms with Crippen LogP contribution in [-0.2, 0) is 31.1 Å². The van der Waals surface area contributed by atoms with Crippen molar-refractivity contribution in [1.29, 1.82) is 0 Å². The smallest absolute Gasteiger partial charge is 0.308 e. The van der Waals surface area contributed by atoms with Crippen LogP contribution >= 0.6 is 0 Å². The van der Waals surface area contributed by atoms with Gasteiger partial charge < -0.3 is 14.2 Å². The molecule has 3 rings (SSSR count). The Labute approximate surface area is 180 Å². The molecule has 7 nitrogen and oxygen atoms in total. The fourth-order valence-corrected chi connectivity index (χ4v) is 3.74. The third-order valence-corrected chi connectivity index (χ3v) is 5.23. The Morgan fingerprint density at radius 3 is 2.29 bits per heavy atom. The highest BCUT2D eigenvalue weighted by atomic mass is 16.6. The molecule has 0 saturated heterocycles. The average Bonchev–Trinajstić information content (AvgIpc) is 2.70. The van der Waals surface area contributed by atoms with Crippen LogP contribution in [0.1, 0.15) is 60.7 Å². The van der Waals surface area contributed by atoms with Gasteiger partial charge in [0.15, 0.2) is 5.78 Å². The molecule has 0 aromatic heterocycles. The summed E-state index contributed by atoms with van der Waals surface area (Å²) >= 11 is 0. The van der Waals surface area contributed by atoms with Crippen molar-refractivity contribution in [3.05, 3.63) is 58.7 Å². The first-order valence-corrected chi connectivity index (χ1v) is 9.87. The van der Waals surface area contributed by atoms with Gasteiger partial charge in [0.25, 0.3) is 5.60 Å². The van der Waals surface area contributed by atoms with Gasteiger partial charge in [-0.05, 0) is 35.2 Å². The van der Waals surface area contributed by atoms with Crippen molar-refractivity contribution in [3.63, 3.8) is 0 Å². The normalized spacial score (nSPS) is 17.9. The SMILES string of the molecule is COc1ccc2c(c1)C(=O)C(OC(C)=O)(c1ccc(C(C)C)cc1OC(C)=O)C(=O)C2. The number of ether oxygens (including phenoxy) is 3. The standard InChI is InChI=1S/C24H24O7/c1-13(2)16-7-9-20(21(10-16)30-14(3)25)24(31-15(4)26)22(27)11-17-6-8-18(29-5)12-19(17)23(24)28/h6-10,12-13H,11H2,1-5H3. The molecule has 2 aromatic carbocycles. The van der Waals surface area contributed by atoms with Gasteiger partial charge in [-0.1, -0.05) is 32.0 Å². The molecule has 0 fully saturated rings. The van der Waals surface area contributed by atoms with E-state index in [-0.39, 0.29) is 29.2 Å². The molecule has 0 bridgehead atoms. The summed E-state index contributed by atoms with van der Waals surface area (Å²) in [5.74, 6) is -2.24. The van der Waals surface area contributed by atoms with Crippen LogP contribution in [0.2, 0.25) is 0 Å². The zero-order valence-corrected chi connectivity index (χ0v) is 18.1. The molecule has 0 N–H and O–H groups in total. The molecule has 0 aliphatic heterocycles. The molecule has 1 atom stereocenters. The summed E-state index contributed by atoms with van der Waals surface area (Å²) in [4.78, 5) is 50.9. The highest BCUT2D eigenvalue weighted by Gasteiger charge is 2.55. The van der Waals surface area contributed by atoms with E-state index in [0.717, 1.165) is 12.5 Å². The summed E-state index contributed by atoms with van der Waals surface area (Å²) in [7, 11) is 1.46. The Balaban J connectivity index is 2.31. The van der Waals surface area contributed by atoms with E-state index in [0.29, 0.717) is 11.3 Å². The van der Waals surface area contributed by atoms with Gasteiger partial charge in [0, 0.05) is 25.8 Å². The second-order valence-electron chi connectivity index (χ2n) is 7.73. The molecule has 0 spiro atoms. The first kappa shape index (κ1) is 22.2. The minimum absolute atomic E-state index is 0.00740. The van der Waals surface area contributed by atoms with E-state index in [9.17, 15) is 19.2 Å². The van der Waals surface area contributed by atoms with Gasteiger partial charge in [0.1, 0.15) is 11.5 Å². The average molecular weight is 424 g/mol. The van der Waals surface area contributed by atoms with Crippen molar-refractivity contribution < 1.29 is 33.4 Å². The fourth-order valence-electron chi connectivity index (χ4n) is 3.74. The Hall–Kier alpha value is -3.48. The first-order valence-electron chi connectivity index (χ1n) is 9.87. The van der Waals surface area contributed by atoms with Crippen molar-refractivity contribution in [2.45, 2.75) is 45.6 Å². The molecule has 1 aliphatic carbocycles. The molecule has 7 heteroatoms. The minimum Gasteiger partial charge on any atom is -0.497 e. The second-order valence-corrected chi connectivity index (χ2v) is 7.73. The number of fused-ring (bicyclic) bond motifs is 1. The van der Waals surface area contributed by atoms with Crippen LogP contribution < -0.4 is 9.47 Å². The van der Waals surface area contributed by atoms with E-state index in [1.807, 2.05) is 13.8 Å². The number of carbonyl (C=O) groups is 4. The molecule has 0 amide bonds. The van der Waals surface area contributed by atoms with Gasteiger partial charge in [-0.25, -0.2) is 0 Å². The number of Topliss-reactive ketones (excluding diaryl/α,β-unsaturated/α-hetero) is 2. The van der Waals surface area contributed by atoms with E-state index < -0.39 is 29.1 Å². The largest absolute Gasteiger partial charge is 0.497 e. The Bertz CT molecular complexity index is 1080. The van der Waals surface area contributed by atoms with Crippen LogP contribution in [0.25, 0.3) is 0 Å². The van der Waals surface area contributed by atoms with Crippen LogP contribution in [-0.4, -0.2) is 30.6 Å². The van der Waals surface area contributed by atoms with Crippen molar-refractivity contribution in [2.24, 2.45) is 0 Å².